The predicted molar refractivity (Wildman–Crippen MR) is 120 cm³/mol. The third kappa shape index (κ3) is 5.39. The molecule has 4 aromatic rings. The largest absolute Gasteiger partial charge is 0.489 e. The number of nitrogens with zero attached hydrogens (tertiary/aromatic N) is 2. The number of fused-ring (bicyclic) bond motifs is 1. The van der Waals surface area contributed by atoms with Crippen LogP contribution in [0.3, 0.4) is 0 Å². The summed E-state index contributed by atoms with van der Waals surface area (Å²) in [6.45, 7) is 1.97. The number of nitriles is 1. The minimum absolute atomic E-state index is 0.374. The van der Waals surface area contributed by atoms with E-state index in [9.17, 15) is 4.79 Å². The lowest BCUT2D eigenvalue weighted by Gasteiger charge is -2.17. The van der Waals surface area contributed by atoms with Gasteiger partial charge in [0.05, 0.1) is 11.6 Å². The smallest absolute Gasteiger partial charge is 0.336 e. The molecule has 0 atom stereocenters. The maximum atomic E-state index is 11.4. The second-order valence-electron chi connectivity index (χ2n) is 7.55. The van der Waals surface area contributed by atoms with E-state index in [1.165, 1.54) is 11.6 Å². The zero-order valence-electron chi connectivity index (χ0n) is 17.2. The Bertz CT molecular complexity index is 1300. The molecule has 1 heterocycles. The summed E-state index contributed by atoms with van der Waals surface area (Å²) in [6.07, 6.45) is 0. The van der Waals surface area contributed by atoms with Crippen LogP contribution < -0.4 is 10.4 Å². The summed E-state index contributed by atoms with van der Waals surface area (Å²) in [5.74, 6) is 0.654. The summed E-state index contributed by atoms with van der Waals surface area (Å²) in [5, 5.41) is 9.92. The quantitative estimate of drug-likeness (QED) is 0.407. The standard InChI is InChI=1S/C26H22N2O3/c1-28(16-20-5-2-4-19(12-20)15-27)17-21-6-3-7-22(13-21)18-30-24-10-8-23-9-11-26(29)31-25(23)14-24/h2-14H,16-18H2,1H3. The summed E-state index contributed by atoms with van der Waals surface area (Å²) < 4.78 is 11.1. The Balaban J connectivity index is 1.39. The topological polar surface area (TPSA) is 66.5 Å². The fourth-order valence-corrected chi connectivity index (χ4v) is 3.53. The summed E-state index contributed by atoms with van der Waals surface area (Å²) in [6, 6.07) is 26.8. The van der Waals surface area contributed by atoms with Gasteiger partial charge in [0.25, 0.3) is 0 Å². The van der Waals surface area contributed by atoms with Gasteiger partial charge >= 0.3 is 5.63 Å². The molecule has 0 aliphatic heterocycles. The van der Waals surface area contributed by atoms with Gasteiger partial charge in [0.2, 0.25) is 0 Å². The zero-order chi connectivity index (χ0) is 21.6. The SMILES string of the molecule is CN(Cc1cccc(C#N)c1)Cc1cccc(COc2ccc3ccc(=O)oc3c2)c1. The Labute approximate surface area is 180 Å². The monoisotopic (exact) mass is 410 g/mol. The highest BCUT2D eigenvalue weighted by Gasteiger charge is 2.05. The maximum absolute atomic E-state index is 11.4. The summed E-state index contributed by atoms with van der Waals surface area (Å²) in [7, 11) is 2.06. The van der Waals surface area contributed by atoms with Crippen LogP contribution in [0.4, 0.5) is 0 Å². The van der Waals surface area contributed by atoms with Crippen molar-refractivity contribution in [3.63, 3.8) is 0 Å². The molecule has 0 spiro atoms. The van der Waals surface area contributed by atoms with Crippen LogP contribution >= 0.6 is 0 Å². The van der Waals surface area contributed by atoms with E-state index in [2.05, 4.69) is 30.1 Å². The van der Waals surface area contributed by atoms with Crippen molar-refractivity contribution < 1.29 is 9.15 Å². The molecule has 3 aromatic carbocycles. The van der Waals surface area contributed by atoms with Crippen LogP contribution in [0.2, 0.25) is 0 Å². The van der Waals surface area contributed by atoms with E-state index in [0.29, 0.717) is 23.5 Å². The maximum Gasteiger partial charge on any atom is 0.336 e. The lowest BCUT2D eigenvalue weighted by molar-refractivity contribution is 0.304. The Morgan fingerprint density at radius 3 is 2.42 bits per heavy atom. The van der Waals surface area contributed by atoms with E-state index in [1.807, 2.05) is 48.5 Å². The van der Waals surface area contributed by atoms with Gasteiger partial charge in [-0.2, -0.15) is 5.26 Å². The fraction of sp³-hybridized carbons (Fsp3) is 0.154. The van der Waals surface area contributed by atoms with Crippen LogP contribution in [0.5, 0.6) is 5.75 Å². The summed E-state index contributed by atoms with van der Waals surface area (Å²) in [5.41, 5.74) is 4.18. The minimum Gasteiger partial charge on any atom is -0.489 e. The van der Waals surface area contributed by atoms with Gasteiger partial charge in [-0.3, -0.25) is 4.90 Å². The van der Waals surface area contributed by atoms with Crippen LogP contribution in [0.1, 0.15) is 22.3 Å². The average molecular weight is 410 g/mol. The van der Waals surface area contributed by atoms with Crippen molar-refractivity contribution in [2.75, 3.05) is 7.05 Å². The molecule has 5 nitrogen and oxygen atoms in total. The van der Waals surface area contributed by atoms with Crippen molar-refractivity contribution in [3.8, 4) is 11.8 Å². The second kappa shape index (κ2) is 9.29. The van der Waals surface area contributed by atoms with E-state index in [0.717, 1.165) is 29.6 Å². The van der Waals surface area contributed by atoms with Crippen molar-refractivity contribution in [1.82, 2.24) is 4.90 Å². The first-order valence-electron chi connectivity index (χ1n) is 10.0. The van der Waals surface area contributed by atoms with Crippen LogP contribution in [-0.4, -0.2) is 11.9 Å². The van der Waals surface area contributed by atoms with E-state index >= 15 is 0 Å². The number of rotatable bonds is 7. The highest BCUT2D eigenvalue weighted by molar-refractivity contribution is 5.77. The molecule has 5 heteroatoms. The van der Waals surface area contributed by atoms with Crippen molar-refractivity contribution in [3.05, 3.63) is 112 Å². The molecule has 4 rings (SSSR count). The first-order valence-corrected chi connectivity index (χ1v) is 10.0. The third-order valence-corrected chi connectivity index (χ3v) is 4.95. The summed E-state index contributed by atoms with van der Waals surface area (Å²) >= 11 is 0. The first-order chi connectivity index (χ1) is 15.1. The Morgan fingerprint density at radius 1 is 0.903 bits per heavy atom. The van der Waals surface area contributed by atoms with E-state index in [1.54, 1.807) is 12.1 Å². The Kier molecular flexibility index (Phi) is 6.11. The van der Waals surface area contributed by atoms with E-state index < -0.39 is 0 Å². The Hall–Kier alpha value is -3.88. The van der Waals surface area contributed by atoms with Gasteiger partial charge in [-0.25, -0.2) is 4.79 Å². The van der Waals surface area contributed by atoms with E-state index in [4.69, 9.17) is 14.4 Å². The zero-order valence-corrected chi connectivity index (χ0v) is 17.2. The van der Waals surface area contributed by atoms with Crippen LogP contribution in [0, 0.1) is 11.3 Å². The molecule has 154 valence electrons. The number of benzene rings is 3. The molecule has 0 N–H and O–H groups in total. The molecule has 0 saturated heterocycles. The normalized spacial score (nSPS) is 10.9. The predicted octanol–water partition coefficient (Wildman–Crippen LogP) is 4.88. The van der Waals surface area contributed by atoms with Crippen molar-refractivity contribution in [1.29, 1.82) is 5.26 Å². The molecule has 0 fully saturated rings. The molecule has 0 radical (unpaired) electrons. The lowest BCUT2D eigenvalue weighted by atomic mass is 10.1. The number of hydrogen-bond acceptors (Lipinski definition) is 5. The first kappa shape index (κ1) is 20.4. The fourth-order valence-electron chi connectivity index (χ4n) is 3.53. The molecule has 0 amide bonds. The van der Waals surface area contributed by atoms with Crippen molar-refractivity contribution in [2.24, 2.45) is 0 Å². The third-order valence-electron chi connectivity index (χ3n) is 4.95. The van der Waals surface area contributed by atoms with Gasteiger partial charge < -0.3 is 9.15 Å². The summed E-state index contributed by atoms with van der Waals surface area (Å²) in [4.78, 5) is 13.6. The molecule has 0 aliphatic carbocycles. The average Bonchev–Trinajstić information content (AvgIpc) is 2.77. The van der Waals surface area contributed by atoms with Gasteiger partial charge in [-0.15, -0.1) is 0 Å². The molecular weight excluding hydrogens is 388 g/mol. The van der Waals surface area contributed by atoms with Gasteiger partial charge in [0.15, 0.2) is 0 Å². The molecule has 0 unspecified atom stereocenters. The minimum atomic E-state index is -0.374. The highest BCUT2D eigenvalue weighted by Crippen LogP contribution is 2.21. The van der Waals surface area contributed by atoms with Crippen LogP contribution in [0.15, 0.2) is 88.1 Å². The molecular formula is C26H22N2O3. The lowest BCUT2D eigenvalue weighted by Crippen LogP contribution is -2.17. The molecule has 0 saturated carbocycles. The van der Waals surface area contributed by atoms with Gasteiger partial charge in [-0.05, 0) is 54.1 Å². The number of hydrogen-bond donors (Lipinski definition) is 0. The Morgan fingerprint density at radius 2 is 1.61 bits per heavy atom. The van der Waals surface area contributed by atoms with Crippen LogP contribution in [-0.2, 0) is 19.7 Å². The van der Waals surface area contributed by atoms with Crippen molar-refractivity contribution >= 4 is 11.0 Å². The van der Waals surface area contributed by atoms with Crippen molar-refractivity contribution in [2.45, 2.75) is 19.7 Å². The second-order valence-corrected chi connectivity index (χ2v) is 7.55. The van der Waals surface area contributed by atoms with Gasteiger partial charge in [-0.1, -0.05) is 36.4 Å². The molecule has 0 aliphatic rings. The number of ether oxygens (including phenoxy) is 1. The van der Waals surface area contributed by atoms with Gasteiger partial charge in [0, 0.05) is 30.6 Å². The molecule has 31 heavy (non-hydrogen) atoms. The van der Waals surface area contributed by atoms with E-state index in [-0.39, 0.29) is 5.63 Å². The highest BCUT2D eigenvalue weighted by atomic mass is 16.5. The van der Waals surface area contributed by atoms with Crippen LogP contribution in [0.25, 0.3) is 11.0 Å². The molecule has 1 aromatic heterocycles. The molecule has 0 bridgehead atoms. The van der Waals surface area contributed by atoms with Gasteiger partial charge in [0.1, 0.15) is 17.9 Å².